The van der Waals surface area contributed by atoms with Gasteiger partial charge in [-0.3, -0.25) is 0 Å². The van der Waals surface area contributed by atoms with Crippen LogP contribution in [0.25, 0.3) is 0 Å². The maximum Gasteiger partial charge on any atom is 0.239 e. The molecule has 1 heterocycles. The minimum absolute atomic E-state index is 0.0871. The lowest BCUT2D eigenvalue weighted by Crippen LogP contribution is -2.01. The van der Waals surface area contributed by atoms with Crippen LogP contribution >= 0.6 is 12.6 Å². The maximum absolute atomic E-state index is 9.51. The van der Waals surface area contributed by atoms with Crippen molar-refractivity contribution in [3.05, 3.63) is 42.1 Å². The number of aromatic nitrogens is 2. The van der Waals surface area contributed by atoms with Crippen LogP contribution in [0.4, 0.5) is 5.69 Å². The molecule has 0 radical (unpaired) electrons. The third-order valence-electron chi connectivity index (χ3n) is 2.08. The maximum atomic E-state index is 9.51. The van der Waals surface area contributed by atoms with Crippen molar-refractivity contribution in [3.63, 3.8) is 0 Å². The summed E-state index contributed by atoms with van der Waals surface area (Å²) in [4.78, 5) is 7.61. The SMILES string of the molecule is Oc1nc(S)ncc1NCc1ccccc1. The second kappa shape index (κ2) is 4.85. The molecule has 0 aliphatic rings. The van der Waals surface area contributed by atoms with Gasteiger partial charge in [-0.15, -0.1) is 12.6 Å². The summed E-state index contributed by atoms with van der Waals surface area (Å²) >= 11 is 3.93. The van der Waals surface area contributed by atoms with E-state index in [9.17, 15) is 5.11 Å². The van der Waals surface area contributed by atoms with Gasteiger partial charge in [0, 0.05) is 6.54 Å². The molecule has 0 fully saturated rings. The molecule has 82 valence electrons. The standard InChI is InChI=1S/C11H11N3OS/c15-10-9(7-13-11(16)14-10)12-6-8-4-2-1-3-5-8/h1-5,7,12H,6H2,(H2,13,14,15,16). The molecular weight excluding hydrogens is 222 g/mol. The van der Waals surface area contributed by atoms with E-state index >= 15 is 0 Å². The minimum Gasteiger partial charge on any atom is -0.492 e. The first-order valence-corrected chi connectivity index (χ1v) is 5.23. The van der Waals surface area contributed by atoms with Gasteiger partial charge in [0.05, 0.1) is 6.20 Å². The molecule has 2 N–H and O–H groups in total. The summed E-state index contributed by atoms with van der Waals surface area (Å²) in [6.07, 6.45) is 1.51. The van der Waals surface area contributed by atoms with Crippen LogP contribution in [0.15, 0.2) is 41.7 Å². The number of nitrogens with zero attached hydrogens (tertiary/aromatic N) is 2. The summed E-state index contributed by atoms with van der Waals surface area (Å²) in [6.45, 7) is 0.615. The number of anilines is 1. The largest absolute Gasteiger partial charge is 0.492 e. The van der Waals surface area contributed by atoms with Crippen molar-refractivity contribution in [1.29, 1.82) is 0 Å². The highest BCUT2D eigenvalue weighted by Crippen LogP contribution is 2.20. The fourth-order valence-corrected chi connectivity index (χ4v) is 1.43. The highest BCUT2D eigenvalue weighted by molar-refractivity contribution is 7.80. The molecule has 0 aliphatic heterocycles. The molecule has 0 saturated carbocycles. The van der Waals surface area contributed by atoms with Gasteiger partial charge in [-0.25, -0.2) is 4.98 Å². The summed E-state index contributed by atoms with van der Waals surface area (Å²) in [6, 6.07) is 9.88. The van der Waals surface area contributed by atoms with E-state index in [0.29, 0.717) is 12.2 Å². The van der Waals surface area contributed by atoms with Gasteiger partial charge in [0.25, 0.3) is 0 Å². The summed E-state index contributed by atoms with van der Waals surface area (Å²) in [7, 11) is 0. The normalized spacial score (nSPS) is 10.1. The van der Waals surface area contributed by atoms with Crippen molar-refractivity contribution in [1.82, 2.24) is 9.97 Å². The highest BCUT2D eigenvalue weighted by Gasteiger charge is 2.03. The second-order valence-electron chi connectivity index (χ2n) is 3.25. The van der Waals surface area contributed by atoms with Crippen molar-refractivity contribution >= 4 is 18.3 Å². The van der Waals surface area contributed by atoms with Crippen LogP contribution in [-0.2, 0) is 6.54 Å². The van der Waals surface area contributed by atoms with Crippen LogP contribution in [0.3, 0.4) is 0 Å². The highest BCUT2D eigenvalue weighted by atomic mass is 32.1. The second-order valence-corrected chi connectivity index (χ2v) is 3.65. The molecular formula is C11H11N3OS. The fourth-order valence-electron chi connectivity index (χ4n) is 1.28. The molecule has 16 heavy (non-hydrogen) atoms. The average Bonchev–Trinajstić information content (AvgIpc) is 2.29. The van der Waals surface area contributed by atoms with Gasteiger partial charge in [-0.1, -0.05) is 30.3 Å². The van der Waals surface area contributed by atoms with Crippen LogP contribution in [-0.4, -0.2) is 15.1 Å². The molecule has 0 unspecified atom stereocenters. The Balaban J connectivity index is 2.05. The Morgan fingerprint density at radius 2 is 2.00 bits per heavy atom. The Morgan fingerprint density at radius 1 is 1.25 bits per heavy atom. The number of aromatic hydroxyl groups is 1. The van der Waals surface area contributed by atoms with Crippen LogP contribution in [0.2, 0.25) is 0 Å². The van der Waals surface area contributed by atoms with Crippen molar-refractivity contribution in [3.8, 4) is 5.88 Å². The van der Waals surface area contributed by atoms with Gasteiger partial charge in [0.2, 0.25) is 5.88 Å². The van der Waals surface area contributed by atoms with Crippen molar-refractivity contribution in [2.75, 3.05) is 5.32 Å². The van der Waals surface area contributed by atoms with E-state index in [2.05, 4.69) is 27.9 Å². The minimum atomic E-state index is -0.0871. The van der Waals surface area contributed by atoms with Gasteiger partial charge in [0.15, 0.2) is 5.16 Å². The molecule has 1 aromatic heterocycles. The monoisotopic (exact) mass is 233 g/mol. The Hall–Kier alpha value is -1.75. The van der Waals surface area contributed by atoms with Crippen LogP contribution in [0.5, 0.6) is 5.88 Å². The quantitative estimate of drug-likeness (QED) is 0.561. The molecule has 0 bridgehead atoms. The van der Waals surface area contributed by atoms with Gasteiger partial charge in [-0.2, -0.15) is 4.98 Å². The Labute approximate surface area is 98.8 Å². The van der Waals surface area contributed by atoms with E-state index in [-0.39, 0.29) is 11.0 Å². The van der Waals surface area contributed by atoms with E-state index in [1.54, 1.807) is 0 Å². The first-order chi connectivity index (χ1) is 7.75. The number of rotatable bonds is 3. The topological polar surface area (TPSA) is 58.0 Å². The number of hydrogen-bond acceptors (Lipinski definition) is 5. The lowest BCUT2D eigenvalue weighted by Gasteiger charge is -2.07. The molecule has 2 rings (SSSR count). The van der Waals surface area contributed by atoms with E-state index in [4.69, 9.17) is 0 Å². The molecule has 2 aromatic rings. The molecule has 0 spiro atoms. The molecule has 1 aromatic carbocycles. The van der Waals surface area contributed by atoms with E-state index in [0.717, 1.165) is 5.56 Å². The molecule has 0 aliphatic carbocycles. The number of nitrogens with one attached hydrogen (secondary N) is 1. The van der Waals surface area contributed by atoms with Gasteiger partial charge in [-0.05, 0) is 5.56 Å². The lowest BCUT2D eigenvalue weighted by molar-refractivity contribution is 0.448. The Bertz CT molecular complexity index is 476. The van der Waals surface area contributed by atoms with Gasteiger partial charge >= 0.3 is 0 Å². The number of benzene rings is 1. The van der Waals surface area contributed by atoms with Gasteiger partial charge in [0.1, 0.15) is 5.69 Å². The number of thiol groups is 1. The van der Waals surface area contributed by atoms with E-state index in [1.807, 2.05) is 30.3 Å². The smallest absolute Gasteiger partial charge is 0.239 e. The summed E-state index contributed by atoms with van der Waals surface area (Å²) in [5.41, 5.74) is 1.62. The lowest BCUT2D eigenvalue weighted by atomic mass is 10.2. The third-order valence-corrected chi connectivity index (χ3v) is 2.30. The van der Waals surface area contributed by atoms with Crippen LogP contribution < -0.4 is 5.32 Å². The fraction of sp³-hybridized carbons (Fsp3) is 0.0909. The zero-order valence-electron chi connectivity index (χ0n) is 8.46. The van der Waals surface area contributed by atoms with E-state index in [1.165, 1.54) is 6.20 Å². The average molecular weight is 233 g/mol. The molecule has 0 atom stereocenters. The molecule has 5 heteroatoms. The van der Waals surface area contributed by atoms with Gasteiger partial charge < -0.3 is 10.4 Å². The summed E-state index contributed by atoms with van der Waals surface area (Å²) in [5, 5.41) is 12.8. The van der Waals surface area contributed by atoms with Crippen molar-refractivity contribution in [2.24, 2.45) is 0 Å². The third kappa shape index (κ3) is 2.64. The van der Waals surface area contributed by atoms with Crippen LogP contribution in [0, 0.1) is 0 Å². The van der Waals surface area contributed by atoms with Crippen LogP contribution in [0.1, 0.15) is 5.56 Å². The summed E-state index contributed by atoms with van der Waals surface area (Å²) in [5.74, 6) is -0.0871. The van der Waals surface area contributed by atoms with Crippen molar-refractivity contribution in [2.45, 2.75) is 11.7 Å². The molecule has 0 saturated heterocycles. The zero-order chi connectivity index (χ0) is 11.4. The first-order valence-electron chi connectivity index (χ1n) is 4.78. The molecule has 0 amide bonds. The van der Waals surface area contributed by atoms with E-state index < -0.39 is 0 Å². The predicted octanol–water partition coefficient (Wildman–Crippen LogP) is 2.08. The summed E-state index contributed by atoms with van der Waals surface area (Å²) < 4.78 is 0. The Kier molecular flexibility index (Phi) is 3.26. The predicted molar refractivity (Wildman–Crippen MR) is 64.7 cm³/mol. The molecule has 4 nitrogen and oxygen atoms in total. The first kappa shape index (κ1) is 10.8. The Morgan fingerprint density at radius 3 is 2.69 bits per heavy atom. The zero-order valence-corrected chi connectivity index (χ0v) is 9.35. The number of hydrogen-bond donors (Lipinski definition) is 3. The van der Waals surface area contributed by atoms with Crippen molar-refractivity contribution < 1.29 is 5.11 Å².